The number of nitrogens with two attached hydrogens (primary N) is 2. The molecule has 0 unspecified atom stereocenters. The number of carbonyl (C=O) groups excluding carboxylic acids is 3. The molecule has 8 heteroatoms. The lowest BCUT2D eigenvalue weighted by Crippen LogP contribution is -2.57. The summed E-state index contributed by atoms with van der Waals surface area (Å²) in [6, 6.07) is -1.68. The van der Waals surface area contributed by atoms with E-state index in [9.17, 15) is 14.4 Å². The van der Waals surface area contributed by atoms with E-state index in [1.54, 1.807) is 20.9 Å². The summed E-state index contributed by atoms with van der Waals surface area (Å²) >= 11 is 0. The summed E-state index contributed by atoms with van der Waals surface area (Å²) in [7, 11) is 4.56. The van der Waals surface area contributed by atoms with Crippen LogP contribution >= 0.6 is 0 Å². The van der Waals surface area contributed by atoms with Crippen molar-refractivity contribution in [2.24, 2.45) is 11.5 Å². The number of carbonyl (C=O) groups is 3. The van der Waals surface area contributed by atoms with Gasteiger partial charge >= 0.3 is 0 Å². The maximum absolute atomic E-state index is 12.7. The van der Waals surface area contributed by atoms with E-state index in [0.717, 1.165) is 0 Å². The maximum atomic E-state index is 12.7. The first-order valence-corrected chi connectivity index (χ1v) is 8.09. The van der Waals surface area contributed by atoms with Crippen LogP contribution in [0.1, 0.15) is 40.0 Å². The fourth-order valence-electron chi connectivity index (χ4n) is 2.35. The number of likely N-dealkylation sites (N-methyl/N-ethyl adjacent to an activating group) is 2. The maximum Gasteiger partial charge on any atom is 0.247 e. The zero-order valence-corrected chi connectivity index (χ0v) is 15.7. The summed E-state index contributed by atoms with van der Waals surface area (Å²) in [5, 5.41) is 0. The van der Waals surface area contributed by atoms with E-state index in [1.807, 2.05) is 6.92 Å². The van der Waals surface area contributed by atoms with Gasteiger partial charge in [0.15, 0.2) is 0 Å². The number of hydrogen-bond donors (Lipinski definition) is 2. The summed E-state index contributed by atoms with van der Waals surface area (Å²) < 4.78 is 5.32. The molecular weight excluding hydrogens is 312 g/mol. The summed E-state index contributed by atoms with van der Waals surface area (Å²) in [6.07, 6.45) is 1.25. The van der Waals surface area contributed by atoms with Crippen LogP contribution in [0.5, 0.6) is 0 Å². The second-order valence-corrected chi connectivity index (χ2v) is 6.54. The van der Waals surface area contributed by atoms with Crippen LogP contribution in [0, 0.1) is 0 Å². The van der Waals surface area contributed by atoms with E-state index < -0.39 is 29.5 Å². The van der Waals surface area contributed by atoms with E-state index in [-0.39, 0.29) is 18.9 Å². The van der Waals surface area contributed by atoms with E-state index in [2.05, 4.69) is 0 Å². The van der Waals surface area contributed by atoms with E-state index in [1.165, 1.54) is 24.0 Å². The number of methoxy groups -OCH3 is 1. The lowest BCUT2D eigenvalue weighted by atomic mass is 9.97. The van der Waals surface area contributed by atoms with Crippen molar-refractivity contribution >= 4 is 17.7 Å². The van der Waals surface area contributed by atoms with Crippen molar-refractivity contribution in [3.8, 4) is 0 Å². The lowest BCUT2D eigenvalue weighted by Gasteiger charge is -2.36. The molecule has 0 bridgehead atoms. The third kappa shape index (κ3) is 6.09. The van der Waals surface area contributed by atoms with Crippen molar-refractivity contribution in [2.75, 3.05) is 27.7 Å². The minimum Gasteiger partial charge on any atom is -0.379 e. The van der Waals surface area contributed by atoms with Gasteiger partial charge in [0.25, 0.3) is 0 Å². The molecule has 4 N–H and O–H groups in total. The van der Waals surface area contributed by atoms with Gasteiger partial charge in [-0.25, -0.2) is 0 Å². The average molecular weight is 344 g/mol. The smallest absolute Gasteiger partial charge is 0.247 e. The molecule has 0 aromatic heterocycles. The molecule has 0 aromatic carbocycles. The van der Waals surface area contributed by atoms with Gasteiger partial charge in [-0.3, -0.25) is 14.4 Å². The molecule has 0 radical (unpaired) electrons. The average Bonchev–Trinajstić information content (AvgIpc) is 2.52. The molecule has 0 saturated carbocycles. The predicted molar refractivity (Wildman–Crippen MR) is 92.0 cm³/mol. The molecule has 8 nitrogen and oxygen atoms in total. The number of primary amides is 1. The van der Waals surface area contributed by atoms with Crippen molar-refractivity contribution in [3.05, 3.63) is 0 Å². The highest BCUT2D eigenvalue weighted by molar-refractivity contribution is 5.91. The molecule has 24 heavy (non-hydrogen) atoms. The van der Waals surface area contributed by atoms with Crippen molar-refractivity contribution in [1.29, 1.82) is 0 Å². The lowest BCUT2D eigenvalue weighted by molar-refractivity contribution is -0.148. The molecule has 0 fully saturated rings. The van der Waals surface area contributed by atoms with Gasteiger partial charge in [0.2, 0.25) is 17.7 Å². The number of rotatable bonds is 10. The van der Waals surface area contributed by atoms with Gasteiger partial charge < -0.3 is 26.0 Å². The molecule has 0 rings (SSSR count). The van der Waals surface area contributed by atoms with E-state index in [4.69, 9.17) is 16.2 Å². The predicted octanol–water partition coefficient (Wildman–Crippen LogP) is -0.300. The summed E-state index contributed by atoms with van der Waals surface area (Å²) in [5.74, 6) is -1.21. The molecular formula is C16H32N4O4. The zero-order chi connectivity index (χ0) is 19.1. The molecule has 3 amide bonds. The molecule has 0 aliphatic carbocycles. The number of ether oxygens (including phenoxy) is 1. The Balaban J connectivity index is 5.32. The Morgan fingerprint density at radius 3 is 2.04 bits per heavy atom. The first-order valence-electron chi connectivity index (χ1n) is 8.09. The van der Waals surface area contributed by atoms with Crippen molar-refractivity contribution in [2.45, 2.75) is 57.7 Å². The molecule has 0 spiro atoms. The quantitative estimate of drug-likeness (QED) is 0.564. The largest absolute Gasteiger partial charge is 0.379 e. The van der Waals surface area contributed by atoms with Gasteiger partial charge in [-0.2, -0.15) is 0 Å². The minimum atomic E-state index is -0.851. The molecule has 0 aliphatic rings. The SMILES string of the molecule is CCCC(=O)N(C)[C@H](CN)C(=O)N(C)[C@@H](CC(C)(C)OC)C(N)=O. The van der Waals surface area contributed by atoms with Crippen LogP contribution in [0.3, 0.4) is 0 Å². The highest BCUT2D eigenvalue weighted by Crippen LogP contribution is 2.19. The third-order valence-electron chi connectivity index (χ3n) is 4.21. The number of amides is 3. The van der Waals surface area contributed by atoms with Crippen LogP contribution in [-0.2, 0) is 19.1 Å². The Kier molecular flexibility index (Phi) is 8.92. The van der Waals surface area contributed by atoms with Crippen LogP contribution < -0.4 is 11.5 Å². The molecule has 0 aromatic rings. The summed E-state index contributed by atoms with van der Waals surface area (Å²) in [6.45, 7) is 5.46. The summed E-state index contributed by atoms with van der Waals surface area (Å²) in [5.41, 5.74) is 10.5. The van der Waals surface area contributed by atoms with Crippen molar-refractivity contribution in [3.63, 3.8) is 0 Å². The van der Waals surface area contributed by atoms with E-state index in [0.29, 0.717) is 12.8 Å². The molecule has 140 valence electrons. The van der Waals surface area contributed by atoms with E-state index >= 15 is 0 Å². The van der Waals surface area contributed by atoms with Gasteiger partial charge in [-0.15, -0.1) is 0 Å². The van der Waals surface area contributed by atoms with Gasteiger partial charge in [0.1, 0.15) is 12.1 Å². The van der Waals surface area contributed by atoms with Gasteiger partial charge in [-0.1, -0.05) is 6.92 Å². The number of nitrogens with zero attached hydrogens (tertiary/aromatic N) is 2. The van der Waals surface area contributed by atoms with Crippen LogP contribution in [0.25, 0.3) is 0 Å². The molecule has 0 aliphatic heterocycles. The first kappa shape index (κ1) is 22.3. The second-order valence-electron chi connectivity index (χ2n) is 6.54. The van der Waals surface area contributed by atoms with Crippen LogP contribution in [-0.4, -0.2) is 73.0 Å². The van der Waals surface area contributed by atoms with Gasteiger partial charge in [0.05, 0.1) is 5.60 Å². The standard InChI is InChI=1S/C16H32N4O4/c1-7-8-13(21)19(4)12(10-17)15(23)20(5)11(14(18)22)9-16(2,3)24-6/h11-12H,7-10,17H2,1-6H3,(H2,18,22)/t11-,12+/m0/s1. The molecule has 2 atom stereocenters. The van der Waals surface area contributed by atoms with Gasteiger partial charge in [-0.05, 0) is 20.3 Å². The summed E-state index contributed by atoms with van der Waals surface area (Å²) in [4.78, 5) is 39.2. The fourth-order valence-corrected chi connectivity index (χ4v) is 2.35. The number of hydrogen-bond acceptors (Lipinski definition) is 5. The topological polar surface area (TPSA) is 119 Å². The van der Waals surface area contributed by atoms with Crippen molar-refractivity contribution < 1.29 is 19.1 Å². The van der Waals surface area contributed by atoms with Crippen molar-refractivity contribution in [1.82, 2.24) is 9.80 Å². The van der Waals surface area contributed by atoms with Crippen LogP contribution in [0.4, 0.5) is 0 Å². The normalized spacial score (nSPS) is 14.0. The Labute approximate surface area is 144 Å². The Morgan fingerprint density at radius 2 is 1.67 bits per heavy atom. The zero-order valence-electron chi connectivity index (χ0n) is 15.7. The Hall–Kier alpha value is -1.67. The van der Waals surface area contributed by atoms with Crippen LogP contribution in [0.15, 0.2) is 0 Å². The highest BCUT2D eigenvalue weighted by Gasteiger charge is 2.36. The second kappa shape index (κ2) is 9.58. The molecule has 0 heterocycles. The van der Waals surface area contributed by atoms with Crippen LogP contribution in [0.2, 0.25) is 0 Å². The molecule has 0 saturated heterocycles. The highest BCUT2D eigenvalue weighted by atomic mass is 16.5. The minimum absolute atomic E-state index is 0.0335. The Bertz CT molecular complexity index is 453. The van der Waals surface area contributed by atoms with Gasteiger partial charge in [0, 0.05) is 40.6 Å². The first-order chi connectivity index (χ1) is 11.0. The third-order valence-corrected chi connectivity index (χ3v) is 4.21. The monoisotopic (exact) mass is 344 g/mol. The Morgan fingerprint density at radius 1 is 1.12 bits per heavy atom. The fraction of sp³-hybridized carbons (Fsp3) is 0.812.